The van der Waals surface area contributed by atoms with E-state index in [9.17, 15) is 9.59 Å². The van der Waals surface area contributed by atoms with Crippen molar-refractivity contribution in [2.24, 2.45) is 7.05 Å². The maximum Gasteiger partial charge on any atom is 0.261 e. The number of fused-ring (bicyclic) bond motifs is 1. The smallest absolute Gasteiger partial charge is 0.261 e. The van der Waals surface area contributed by atoms with Gasteiger partial charge >= 0.3 is 0 Å². The highest BCUT2D eigenvalue weighted by molar-refractivity contribution is 9.10. The van der Waals surface area contributed by atoms with Gasteiger partial charge in [-0.1, -0.05) is 52.0 Å². The highest BCUT2D eigenvalue weighted by Crippen LogP contribution is 2.18. The van der Waals surface area contributed by atoms with Crippen LogP contribution in [-0.2, 0) is 18.4 Å². The van der Waals surface area contributed by atoms with Crippen molar-refractivity contribution in [2.45, 2.75) is 11.7 Å². The zero-order valence-electron chi connectivity index (χ0n) is 14.5. The number of carbonyl (C=O) groups excluding carboxylic acids is 1. The van der Waals surface area contributed by atoms with Crippen molar-refractivity contribution in [1.82, 2.24) is 14.5 Å². The Balaban J connectivity index is 1.69. The van der Waals surface area contributed by atoms with Crippen LogP contribution in [0.5, 0.6) is 0 Å². The lowest BCUT2D eigenvalue weighted by molar-refractivity contribution is -0.127. The van der Waals surface area contributed by atoms with E-state index in [1.807, 2.05) is 42.5 Å². The molecule has 26 heavy (non-hydrogen) atoms. The number of hydrogen-bond donors (Lipinski definition) is 0. The molecular formula is C19H18BrN3O2S. The Bertz CT molecular complexity index is 1000. The maximum absolute atomic E-state index is 12.4. The number of para-hydroxylation sites is 1. The van der Waals surface area contributed by atoms with Gasteiger partial charge in [0.15, 0.2) is 5.16 Å². The molecule has 0 N–H and O–H groups in total. The Hall–Kier alpha value is -2.12. The summed E-state index contributed by atoms with van der Waals surface area (Å²) in [4.78, 5) is 31.0. The van der Waals surface area contributed by atoms with Crippen molar-refractivity contribution in [1.29, 1.82) is 0 Å². The molecule has 0 radical (unpaired) electrons. The molecule has 134 valence electrons. The number of benzene rings is 2. The predicted molar refractivity (Wildman–Crippen MR) is 108 cm³/mol. The van der Waals surface area contributed by atoms with Gasteiger partial charge < -0.3 is 4.90 Å². The molecule has 3 aromatic rings. The molecular weight excluding hydrogens is 414 g/mol. The van der Waals surface area contributed by atoms with Gasteiger partial charge in [-0.15, -0.1) is 0 Å². The molecule has 2 aromatic carbocycles. The van der Waals surface area contributed by atoms with E-state index in [0.29, 0.717) is 22.6 Å². The third-order valence-electron chi connectivity index (χ3n) is 4.03. The van der Waals surface area contributed by atoms with Gasteiger partial charge in [-0.25, -0.2) is 4.98 Å². The highest BCUT2D eigenvalue weighted by atomic mass is 79.9. The van der Waals surface area contributed by atoms with Gasteiger partial charge in [0.05, 0.1) is 16.7 Å². The fourth-order valence-corrected chi connectivity index (χ4v) is 3.69. The molecule has 0 saturated heterocycles. The fraction of sp³-hybridized carbons (Fsp3) is 0.211. The Morgan fingerprint density at radius 2 is 1.88 bits per heavy atom. The van der Waals surface area contributed by atoms with Crippen LogP contribution in [0.1, 0.15) is 5.56 Å². The topological polar surface area (TPSA) is 55.2 Å². The first-order valence-electron chi connectivity index (χ1n) is 8.02. The molecule has 1 amide bonds. The number of thioether (sulfide) groups is 1. The van der Waals surface area contributed by atoms with E-state index in [1.165, 1.54) is 16.3 Å². The standard InChI is InChI=1S/C19H18BrN3O2S/c1-22(11-13-7-9-14(20)10-8-13)17(24)12-26-19-21-16-6-4-3-5-15(16)18(25)23(19)2/h3-10H,11-12H2,1-2H3. The van der Waals surface area contributed by atoms with Crippen LogP contribution in [0, 0.1) is 0 Å². The van der Waals surface area contributed by atoms with Crippen molar-refractivity contribution < 1.29 is 4.79 Å². The maximum atomic E-state index is 12.4. The molecule has 1 heterocycles. The quantitative estimate of drug-likeness (QED) is 0.458. The first kappa shape index (κ1) is 18.7. The van der Waals surface area contributed by atoms with Crippen LogP contribution < -0.4 is 5.56 Å². The predicted octanol–water partition coefficient (Wildman–Crippen LogP) is 3.45. The van der Waals surface area contributed by atoms with Gasteiger partial charge in [-0.2, -0.15) is 0 Å². The van der Waals surface area contributed by atoms with Gasteiger partial charge in [0.25, 0.3) is 5.56 Å². The number of carbonyl (C=O) groups is 1. The van der Waals surface area contributed by atoms with Crippen LogP contribution in [0.4, 0.5) is 0 Å². The molecule has 0 spiro atoms. The van der Waals surface area contributed by atoms with Crippen molar-refractivity contribution in [2.75, 3.05) is 12.8 Å². The van der Waals surface area contributed by atoms with E-state index in [2.05, 4.69) is 20.9 Å². The average molecular weight is 432 g/mol. The number of rotatable bonds is 5. The molecule has 0 aliphatic rings. The number of halogens is 1. The number of aromatic nitrogens is 2. The van der Waals surface area contributed by atoms with Gasteiger partial charge in [0.2, 0.25) is 5.91 Å². The lowest BCUT2D eigenvalue weighted by atomic mass is 10.2. The SMILES string of the molecule is CN(Cc1ccc(Br)cc1)C(=O)CSc1nc2ccccc2c(=O)n1C. The van der Waals surface area contributed by atoms with Crippen LogP contribution in [0.3, 0.4) is 0 Å². The Kier molecular flexibility index (Phi) is 5.78. The Morgan fingerprint density at radius 1 is 1.19 bits per heavy atom. The van der Waals surface area contributed by atoms with Crippen LogP contribution >= 0.6 is 27.7 Å². The molecule has 0 saturated carbocycles. The molecule has 0 unspecified atom stereocenters. The molecule has 3 rings (SSSR count). The first-order chi connectivity index (χ1) is 12.5. The van der Waals surface area contributed by atoms with Gasteiger partial charge in [-0.05, 0) is 29.8 Å². The molecule has 0 aliphatic heterocycles. The fourth-order valence-electron chi connectivity index (χ4n) is 2.52. The van der Waals surface area contributed by atoms with Gasteiger partial charge in [0.1, 0.15) is 0 Å². The second kappa shape index (κ2) is 8.05. The number of hydrogen-bond acceptors (Lipinski definition) is 4. The van der Waals surface area contributed by atoms with Crippen LogP contribution in [-0.4, -0.2) is 33.2 Å². The minimum atomic E-state index is -0.103. The zero-order chi connectivity index (χ0) is 18.7. The first-order valence-corrected chi connectivity index (χ1v) is 9.80. The number of nitrogens with zero attached hydrogens (tertiary/aromatic N) is 3. The summed E-state index contributed by atoms with van der Waals surface area (Å²) in [5, 5.41) is 1.12. The summed E-state index contributed by atoms with van der Waals surface area (Å²) in [6.07, 6.45) is 0. The minimum absolute atomic E-state index is 0.0136. The van der Waals surface area contributed by atoms with E-state index in [-0.39, 0.29) is 17.2 Å². The summed E-state index contributed by atoms with van der Waals surface area (Å²) in [7, 11) is 3.46. The lowest BCUT2D eigenvalue weighted by Gasteiger charge is -2.17. The zero-order valence-corrected chi connectivity index (χ0v) is 16.9. The molecule has 5 nitrogen and oxygen atoms in total. The largest absolute Gasteiger partial charge is 0.341 e. The highest BCUT2D eigenvalue weighted by Gasteiger charge is 2.13. The Labute approximate surface area is 164 Å². The summed E-state index contributed by atoms with van der Waals surface area (Å²) < 4.78 is 2.50. The molecule has 1 aromatic heterocycles. The van der Waals surface area contributed by atoms with Crippen molar-refractivity contribution in [3.8, 4) is 0 Å². The average Bonchev–Trinajstić information content (AvgIpc) is 2.65. The van der Waals surface area contributed by atoms with Gasteiger partial charge in [-0.3, -0.25) is 14.2 Å². The summed E-state index contributed by atoms with van der Waals surface area (Å²) >= 11 is 4.68. The van der Waals surface area contributed by atoms with E-state index in [1.54, 1.807) is 25.1 Å². The van der Waals surface area contributed by atoms with Crippen molar-refractivity contribution >= 4 is 44.5 Å². The van der Waals surface area contributed by atoms with Crippen molar-refractivity contribution in [3.05, 3.63) is 68.9 Å². The minimum Gasteiger partial charge on any atom is -0.341 e. The van der Waals surface area contributed by atoms with E-state index >= 15 is 0 Å². The van der Waals surface area contributed by atoms with Gasteiger partial charge in [0, 0.05) is 25.1 Å². The third-order valence-corrected chi connectivity index (χ3v) is 5.57. The van der Waals surface area contributed by atoms with Crippen LogP contribution in [0.2, 0.25) is 0 Å². The number of amides is 1. The van der Waals surface area contributed by atoms with E-state index in [4.69, 9.17) is 0 Å². The summed E-state index contributed by atoms with van der Waals surface area (Å²) in [5.41, 5.74) is 1.60. The second-order valence-corrected chi connectivity index (χ2v) is 7.80. The Morgan fingerprint density at radius 3 is 2.62 bits per heavy atom. The summed E-state index contributed by atoms with van der Waals surface area (Å²) in [6.45, 7) is 0.538. The van der Waals surface area contributed by atoms with Crippen LogP contribution in [0.15, 0.2) is 63.0 Å². The summed E-state index contributed by atoms with van der Waals surface area (Å²) in [5.74, 6) is 0.214. The summed E-state index contributed by atoms with van der Waals surface area (Å²) in [6, 6.07) is 15.1. The normalized spacial score (nSPS) is 10.9. The lowest BCUT2D eigenvalue weighted by Crippen LogP contribution is -2.28. The molecule has 0 fully saturated rings. The van der Waals surface area contributed by atoms with Crippen LogP contribution in [0.25, 0.3) is 10.9 Å². The third kappa shape index (κ3) is 4.16. The molecule has 0 bridgehead atoms. The van der Waals surface area contributed by atoms with Crippen molar-refractivity contribution in [3.63, 3.8) is 0 Å². The van der Waals surface area contributed by atoms with E-state index < -0.39 is 0 Å². The second-order valence-electron chi connectivity index (χ2n) is 5.94. The molecule has 7 heteroatoms. The monoisotopic (exact) mass is 431 g/mol. The van der Waals surface area contributed by atoms with E-state index in [0.717, 1.165) is 10.0 Å². The molecule has 0 aliphatic carbocycles. The molecule has 0 atom stereocenters.